The predicted molar refractivity (Wildman–Crippen MR) is 131 cm³/mol. The number of nitrogens with zero attached hydrogens (tertiary/aromatic N) is 2. The van der Waals surface area contributed by atoms with Gasteiger partial charge in [0.25, 0.3) is 0 Å². The molecular formula is C22H25N5O5S2. The molecule has 34 heavy (non-hydrogen) atoms. The molecule has 0 bridgehead atoms. The van der Waals surface area contributed by atoms with Gasteiger partial charge in [0.2, 0.25) is 21.8 Å². The van der Waals surface area contributed by atoms with Gasteiger partial charge in [0.05, 0.1) is 23.0 Å². The molecule has 180 valence electrons. The van der Waals surface area contributed by atoms with Gasteiger partial charge in [0.1, 0.15) is 5.75 Å². The van der Waals surface area contributed by atoms with E-state index in [-0.39, 0.29) is 28.3 Å². The SMILES string of the molecule is COc1ccc(/C(C)=N\N=C2\NC(=O)CC(C(=O)NCCc3ccc(S(N)(=O)=O)cc3)S2)cc1. The van der Waals surface area contributed by atoms with Gasteiger partial charge in [-0.05, 0) is 60.9 Å². The third kappa shape index (κ3) is 7.14. The van der Waals surface area contributed by atoms with Crippen LogP contribution in [0.2, 0.25) is 0 Å². The average Bonchev–Trinajstić information content (AvgIpc) is 2.82. The Bertz CT molecular complexity index is 1210. The fourth-order valence-electron chi connectivity index (χ4n) is 3.04. The van der Waals surface area contributed by atoms with Gasteiger partial charge in [-0.1, -0.05) is 23.9 Å². The standard InChI is InChI=1S/C22H25N5O5S2/c1-14(16-5-7-17(32-2)8-6-16)26-27-22-25-20(28)13-19(33-22)21(29)24-12-11-15-3-9-18(10-4-15)34(23,30)31/h3-10,19H,11-13H2,1-2H3,(H,24,29)(H2,23,30,31)(H,25,27,28)/b26-14-. The Morgan fingerprint density at radius 2 is 1.88 bits per heavy atom. The third-order valence-corrected chi connectivity index (χ3v) is 6.93. The Hall–Kier alpha value is -3.22. The minimum atomic E-state index is -3.74. The first-order valence-corrected chi connectivity index (χ1v) is 12.7. The van der Waals surface area contributed by atoms with Crippen LogP contribution in [-0.4, -0.2) is 50.0 Å². The van der Waals surface area contributed by atoms with Crippen molar-refractivity contribution in [3.8, 4) is 5.75 Å². The van der Waals surface area contributed by atoms with Gasteiger partial charge in [0.15, 0.2) is 5.17 Å². The summed E-state index contributed by atoms with van der Waals surface area (Å²) >= 11 is 1.14. The van der Waals surface area contributed by atoms with Crippen LogP contribution in [0.3, 0.4) is 0 Å². The van der Waals surface area contributed by atoms with Crippen molar-refractivity contribution < 1.29 is 22.7 Å². The topological polar surface area (TPSA) is 152 Å². The molecule has 0 saturated carbocycles. The molecule has 12 heteroatoms. The van der Waals surface area contributed by atoms with Crippen molar-refractivity contribution in [3.63, 3.8) is 0 Å². The molecular weight excluding hydrogens is 478 g/mol. The molecule has 1 atom stereocenters. The lowest BCUT2D eigenvalue weighted by Crippen LogP contribution is -2.44. The van der Waals surface area contributed by atoms with Gasteiger partial charge in [0, 0.05) is 13.0 Å². The molecule has 1 unspecified atom stereocenters. The Morgan fingerprint density at radius 3 is 2.50 bits per heavy atom. The largest absolute Gasteiger partial charge is 0.497 e. The molecule has 1 saturated heterocycles. The normalized spacial score (nSPS) is 17.9. The molecule has 1 aliphatic heterocycles. The van der Waals surface area contributed by atoms with Crippen LogP contribution in [-0.2, 0) is 26.0 Å². The Labute approximate surface area is 202 Å². The molecule has 1 aliphatic rings. The lowest BCUT2D eigenvalue weighted by molar-refractivity contribution is -0.125. The summed E-state index contributed by atoms with van der Waals surface area (Å²) in [6, 6.07) is 13.5. The van der Waals surface area contributed by atoms with Gasteiger partial charge in [-0.2, -0.15) is 5.10 Å². The summed E-state index contributed by atoms with van der Waals surface area (Å²) in [7, 11) is -2.15. The summed E-state index contributed by atoms with van der Waals surface area (Å²) in [5.41, 5.74) is 2.33. The molecule has 1 fully saturated rings. The fourth-order valence-corrected chi connectivity index (χ4v) is 4.51. The first kappa shape index (κ1) is 25.4. The van der Waals surface area contributed by atoms with Crippen molar-refractivity contribution in [1.29, 1.82) is 0 Å². The molecule has 4 N–H and O–H groups in total. The second kappa shape index (κ2) is 11.3. The number of amidine groups is 1. The van der Waals surface area contributed by atoms with Crippen LogP contribution in [0.5, 0.6) is 5.75 Å². The Balaban J connectivity index is 1.56. The molecule has 1 heterocycles. The highest BCUT2D eigenvalue weighted by atomic mass is 32.2. The summed E-state index contributed by atoms with van der Waals surface area (Å²) in [6.07, 6.45) is 0.520. The van der Waals surface area contributed by atoms with E-state index in [4.69, 9.17) is 9.88 Å². The van der Waals surface area contributed by atoms with Gasteiger partial charge in [-0.25, -0.2) is 13.6 Å². The van der Waals surface area contributed by atoms with Crippen molar-refractivity contribution >= 4 is 44.5 Å². The number of nitrogens with two attached hydrogens (primary N) is 1. The summed E-state index contributed by atoms with van der Waals surface area (Å²) < 4.78 is 27.8. The highest BCUT2D eigenvalue weighted by Crippen LogP contribution is 2.21. The van der Waals surface area contributed by atoms with Crippen LogP contribution in [0.1, 0.15) is 24.5 Å². The van der Waals surface area contributed by atoms with Crippen LogP contribution >= 0.6 is 11.8 Å². The van der Waals surface area contributed by atoms with Gasteiger partial charge in [-0.3, -0.25) is 9.59 Å². The van der Waals surface area contributed by atoms with E-state index in [9.17, 15) is 18.0 Å². The van der Waals surface area contributed by atoms with E-state index in [0.29, 0.717) is 18.7 Å². The predicted octanol–water partition coefficient (Wildman–Crippen LogP) is 1.40. The number of thioether (sulfide) groups is 1. The number of hydrogen-bond acceptors (Lipinski definition) is 8. The van der Waals surface area contributed by atoms with Crippen molar-refractivity contribution in [3.05, 3.63) is 59.7 Å². The Morgan fingerprint density at radius 1 is 1.21 bits per heavy atom. The molecule has 2 aromatic rings. The summed E-state index contributed by atoms with van der Waals surface area (Å²) in [5, 5.41) is 18.4. The average molecular weight is 504 g/mol. The van der Waals surface area contributed by atoms with E-state index < -0.39 is 15.3 Å². The van der Waals surface area contributed by atoms with E-state index in [1.165, 1.54) is 12.1 Å². The number of carbonyl (C=O) groups is 2. The minimum Gasteiger partial charge on any atom is -0.497 e. The van der Waals surface area contributed by atoms with Gasteiger partial charge < -0.3 is 15.4 Å². The number of methoxy groups -OCH3 is 1. The maximum atomic E-state index is 12.6. The molecule has 3 rings (SSSR count). The van der Waals surface area contributed by atoms with Crippen LogP contribution in [0.4, 0.5) is 0 Å². The minimum absolute atomic E-state index is 0.0275. The maximum Gasteiger partial charge on any atom is 0.238 e. The quantitative estimate of drug-likeness (QED) is 0.366. The maximum absolute atomic E-state index is 12.6. The number of primary sulfonamides is 1. The number of ether oxygens (including phenoxy) is 1. The Kier molecular flexibility index (Phi) is 8.42. The highest BCUT2D eigenvalue weighted by molar-refractivity contribution is 8.15. The molecule has 0 aliphatic carbocycles. The highest BCUT2D eigenvalue weighted by Gasteiger charge is 2.30. The fraction of sp³-hybridized carbons (Fsp3) is 0.273. The lowest BCUT2D eigenvalue weighted by Gasteiger charge is -2.21. The molecule has 10 nitrogen and oxygen atoms in total. The van der Waals surface area contributed by atoms with E-state index in [0.717, 1.165) is 28.6 Å². The molecule has 2 aromatic carbocycles. The van der Waals surface area contributed by atoms with Crippen LogP contribution in [0, 0.1) is 0 Å². The number of nitrogens with one attached hydrogen (secondary N) is 2. The van der Waals surface area contributed by atoms with E-state index in [1.54, 1.807) is 26.2 Å². The van der Waals surface area contributed by atoms with Crippen molar-refractivity contribution in [2.45, 2.75) is 29.9 Å². The number of sulfonamides is 1. The monoisotopic (exact) mass is 503 g/mol. The zero-order valence-electron chi connectivity index (χ0n) is 18.6. The van der Waals surface area contributed by atoms with E-state index in [1.807, 2.05) is 24.3 Å². The first-order valence-electron chi connectivity index (χ1n) is 10.3. The zero-order chi connectivity index (χ0) is 24.7. The smallest absolute Gasteiger partial charge is 0.238 e. The van der Waals surface area contributed by atoms with Crippen LogP contribution in [0.15, 0.2) is 63.6 Å². The van der Waals surface area contributed by atoms with E-state index in [2.05, 4.69) is 20.8 Å². The van der Waals surface area contributed by atoms with Crippen molar-refractivity contribution in [2.24, 2.45) is 15.3 Å². The second-order valence-corrected chi connectivity index (χ2v) is 10.2. The van der Waals surface area contributed by atoms with Gasteiger partial charge in [-0.15, -0.1) is 5.10 Å². The molecule has 0 radical (unpaired) electrons. The third-order valence-electron chi connectivity index (χ3n) is 4.93. The molecule has 2 amide bonds. The summed E-state index contributed by atoms with van der Waals surface area (Å²) in [5.74, 6) is 0.130. The zero-order valence-corrected chi connectivity index (χ0v) is 20.3. The van der Waals surface area contributed by atoms with Crippen LogP contribution in [0.25, 0.3) is 0 Å². The van der Waals surface area contributed by atoms with Crippen molar-refractivity contribution in [1.82, 2.24) is 10.6 Å². The number of rotatable bonds is 8. The number of benzene rings is 2. The summed E-state index contributed by atoms with van der Waals surface area (Å²) in [6.45, 7) is 2.12. The second-order valence-electron chi connectivity index (χ2n) is 7.41. The summed E-state index contributed by atoms with van der Waals surface area (Å²) in [4.78, 5) is 24.7. The lowest BCUT2D eigenvalue weighted by atomic mass is 10.1. The first-order chi connectivity index (χ1) is 16.2. The van der Waals surface area contributed by atoms with Crippen LogP contribution < -0.4 is 20.5 Å². The van der Waals surface area contributed by atoms with Crippen molar-refractivity contribution in [2.75, 3.05) is 13.7 Å². The number of hydrogen-bond donors (Lipinski definition) is 3. The number of carbonyl (C=O) groups excluding carboxylic acids is 2. The molecule has 0 aromatic heterocycles. The van der Waals surface area contributed by atoms with Gasteiger partial charge >= 0.3 is 0 Å². The number of amides is 2. The molecule has 0 spiro atoms. The van der Waals surface area contributed by atoms with E-state index >= 15 is 0 Å².